The molecule has 0 saturated carbocycles. The van der Waals surface area contributed by atoms with Gasteiger partial charge in [-0.3, -0.25) is 9.36 Å². The highest BCUT2D eigenvalue weighted by Gasteiger charge is 2.14. The molecule has 6 heteroatoms. The van der Waals surface area contributed by atoms with Crippen molar-refractivity contribution in [2.45, 2.75) is 20.4 Å². The molecule has 0 saturated heterocycles. The Kier molecular flexibility index (Phi) is 7.25. The molecule has 0 atom stereocenters. The van der Waals surface area contributed by atoms with Crippen molar-refractivity contribution in [3.63, 3.8) is 0 Å². The Balaban J connectivity index is 0.00000126. The minimum absolute atomic E-state index is 0.0366. The third kappa shape index (κ3) is 4.41. The normalized spacial score (nSPS) is 11.6. The van der Waals surface area contributed by atoms with Crippen LogP contribution in [0.25, 0.3) is 20.4 Å². The number of thiophene rings is 1. The Bertz CT molecular complexity index is 1060. The van der Waals surface area contributed by atoms with Gasteiger partial charge in [0.05, 0.1) is 17.2 Å². The number of hydrogen-bond donors (Lipinski definition) is 1. The summed E-state index contributed by atoms with van der Waals surface area (Å²) in [6, 6.07) is 1.90. The highest BCUT2D eigenvalue weighted by atomic mass is 32.1. The van der Waals surface area contributed by atoms with Crippen LogP contribution in [0.1, 0.15) is 13.8 Å². The van der Waals surface area contributed by atoms with Gasteiger partial charge in [-0.25, -0.2) is 9.97 Å². The van der Waals surface area contributed by atoms with Gasteiger partial charge in [-0.2, -0.15) is 0 Å². The van der Waals surface area contributed by atoms with Gasteiger partial charge in [0, 0.05) is 25.0 Å². The summed E-state index contributed by atoms with van der Waals surface area (Å²) in [5, 5.41) is 4.18. The first-order chi connectivity index (χ1) is 13.2. The van der Waals surface area contributed by atoms with Crippen molar-refractivity contribution in [2.75, 3.05) is 11.9 Å². The van der Waals surface area contributed by atoms with Gasteiger partial charge in [-0.05, 0) is 19.9 Å². The van der Waals surface area contributed by atoms with Crippen LogP contribution >= 0.6 is 11.3 Å². The number of nitrogens with one attached hydrogen (secondary N) is 1. The summed E-state index contributed by atoms with van der Waals surface area (Å²) in [5.41, 5.74) is 2.75. The molecule has 0 unspecified atom stereocenters. The first-order valence-corrected chi connectivity index (χ1v) is 9.38. The van der Waals surface area contributed by atoms with Gasteiger partial charge in [0.1, 0.15) is 9.53 Å². The maximum absolute atomic E-state index is 12.8. The first-order valence-electron chi connectivity index (χ1n) is 8.56. The maximum atomic E-state index is 12.8. The number of allylic oxidation sites excluding steroid dienone is 4. The van der Waals surface area contributed by atoms with Crippen LogP contribution < -0.4 is 10.9 Å². The molecular formula is C21H24N4OS. The summed E-state index contributed by atoms with van der Waals surface area (Å²) < 4.78 is 2.25. The molecule has 3 rings (SSSR count). The van der Waals surface area contributed by atoms with Gasteiger partial charge in [-0.15, -0.1) is 31.1 Å². The quantitative estimate of drug-likeness (QED) is 0.487. The molecule has 0 aliphatic heterocycles. The van der Waals surface area contributed by atoms with E-state index in [1.165, 1.54) is 11.3 Å². The zero-order valence-electron chi connectivity index (χ0n) is 15.7. The highest BCUT2D eigenvalue weighted by Crippen LogP contribution is 2.33. The Hall–Kier alpha value is -2.99. The van der Waals surface area contributed by atoms with E-state index in [9.17, 15) is 4.79 Å². The summed E-state index contributed by atoms with van der Waals surface area (Å²) in [5.74, 6) is 0. The fourth-order valence-corrected chi connectivity index (χ4v) is 3.57. The van der Waals surface area contributed by atoms with Crippen LogP contribution in [0.5, 0.6) is 0 Å². The van der Waals surface area contributed by atoms with Crippen molar-refractivity contribution >= 4 is 37.5 Å². The molecule has 0 bridgehead atoms. The number of hydrogen-bond acceptors (Lipinski definition) is 5. The molecule has 5 nitrogen and oxygen atoms in total. The molecule has 1 N–H and O–H groups in total. The predicted molar refractivity (Wildman–Crippen MR) is 118 cm³/mol. The average Bonchev–Trinajstić information content (AvgIpc) is 3.09. The van der Waals surface area contributed by atoms with Crippen molar-refractivity contribution in [2.24, 2.45) is 0 Å². The lowest BCUT2D eigenvalue weighted by atomic mass is 10.2. The third-order valence-electron chi connectivity index (χ3n) is 3.92. The first kappa shape index (κ1) is 20.3. The van der Waals surface area contributed by atoms with Crippen LogP contribution in [0.2, 0.25) is 0 Å². The minimum Gasteiger partial charge on any atom is -0.381 e. The SMILES string of the molecule is C=C.C=CCNc1ccnc2sc3c(=O)n(C/C=C\C(C)=C/C)cnc3c12. The Labute approximate surface area is 163 Å². The van der Waals surface area contributed by atoms with Gasteiger partial charge < -0.3 is 5.32 Å². The second-order valence-corrected chi connectivity index (χ2v) is 6.62. The standard InChI is InChI=1S/C19H20N4OS.C2H4/c1-4-9-20-14-8-10-21-18-15(14)16-17(25-18)19(24)23(12-22-16)11-6-7-13(3)5-2;1-2/h4-8,10,12H,1,9,11H2,2-3H3,(H,20,21);1-2H2/b7-6-,13-5-;. The fourth-order valence-electron chi connectivity index (χ4n) is 2.49. The van der Waals surface area contributed by atoms with E-state index in [0.29, 0.717) is 23.3 Å². The van der Waals surface area contributed by atoms with Gasteiger partial charge in [0.25, 0.3) is 5.56 Å². The molecule has 0 aliphatic rings. The lowest BCUT2D eigenvalue weighted by Crippen LogP contribution is -2.18. The molecule has 0 aromatic carbocycles. The number of aromatic nitrogens is 3. The molecule has 0 aliphatic carbocycles. The van der Waals surface area contributed by atoms with E-state index in [1.807, 2.05) is 38.1 Å². The molecule has 0 radical (unpaired) electrons. The van der Waals surface area contributed by atoms with E-state index in [1.54, 1.807) is 23.2 Å². The Morgan fingerprint density at radius 2 is 2.15 bits per heavy atom. The van der Waals surface area contributed by atoms with Crippen LogP contribution in [0, 0.1) is 0 Å². The number of rotatable bonds is 6. The smallest absolute Gasteiger partial charge is 0.271 e. The van der Waals surface area contributed by atoms with Crippen LogP contribution in [0.4, 0.5) is 5.69 Å². The largest absolute Gasteiger partial charge is 0.381 e. The van der Waals surface area contributed by atoms with E-state index >= 15 is 0 Å². The molecule has 3 heterocycles. The van der Waals surface area contributed by atoms with Crippen LogP contribution in [0.15, 0.2) is 73.0 Å². The third-order valence-corrected chi connectivity index (χ3v) is 5.00. The minimum atomic E-state index is -0.0366. The van der Waals surface area contributed by atoms with Crippen molar-refractivity contribution in [1.82, 2.24) is 14.5 Å². The highest BCUT2D eigenvalue weighted by molar-refractivity contribution is 7.25. The lowest BCUT2D eigenvalue weighted by molar-refractivity contribution is 0.768. The molecule has 0 amide bonds. The summed E-state index contributed by atoms with van der Waals surface area (Å²) in [6.07, 6.45) is 11.1. The van der Waals surface area contributed by atoms with Crippen LogP contribution in [-0.4, -0.2) is 21.1 Å². The number of fused-ring (bicyclic) bond motifs is 3. The Morgan fingerprint density at radius 1 is 1.37 bits per heavy atom. The van der Waals surface area contributed by atoms with Crippen LogP contribution in [0.3, 0.4) is 0 Å². The average molecular weight is 381 g/mol. The molecule has 3 aromatic rings. The fraction of sp³-hybridized carbons (Fsp3) is 0.190. The van der Waals surface area contributed by atoms with Gasteiger partial charge in [0.15, 0.2) is 0 Å². The number of pyridine rings is 1. The summed E-state index contributed by atoms with van der Waals surface area (Å²) in [7, 11) is 0. The molecule has 140 valence electrons. The summed E-state index contributed by atoms with van der Waals surface area (Å²) >= 11 is 1.39. The van der Waals surface area contributed by atoms with Crippen molar-refractivity contribution in [3.8, 4) is 0 Å². The van der Waals surface area contributed by atoms with E-state index < -0.39 is 0 Å². The molecule has 0 spiro atoms. The number of nitrogens with zero attached hydrogens (tertiary/aromatic N) is 3. The predicted octanol–water partition coefficient (Wildman–Crippen LogP) is 4.93. The summed E-state index contributed by atoms with van der Waals surface area (Å²) in [6.45, 7) is 14.9. The molecule has 0 fully saturated rings. The van der Waals surface area contributed by atoms with Gasteiger partial charge in [0.2, 0.25) is 0 Å². The van der Waals surface area contributed by atoms with E-state index in [2.05, 4.69) is 35.0 Å². The summed E-state index contributed by atoms with van der Waals surface area (Å²) in [4.78, 5) is 22.5. The van der Waals surface area contributed by atoms with Gasteiger partial charge >= 0.3 is 0 Å². The molecular weight excluding hydrogens is 356 g/mol. The molecule has 27 heavy (non-hydrogen) atoms. The van der Waals surface area contributed by atoms with Crippen molar-refractivity contribution in [3.05, 3.63) is 78.6 Å². The monoisotopic (exact) mass is 380 g/mol. The lowest BCUT2D eigenvalue weighted by Gasteiger charge is -2.05. The van der Waals surface area contributed by atoms with E-state index in [-0.39, 0.29) is 5.56 Å². The Morgan fingerprint density at radius 3 is 2.85 bits per heavy atom. The van der Waals surface area contributed by atoms with Gasteiger partial charge in [-0.1, -0.05) is 29.9 Å². The zero-order valence-corrected chi connectivity index (χ0v) is 16.6. The van der Waals surface area contributed by atoms with Crippen molar-refractivity contribution in [1.29, 1.82) is 0 Å². The van der Waals surface area contributed by atoms with E-state index in [0.717, 1.165) is 21.5 Å². The van der Waals surface area contributed by atoms with Crippen LogP contribution in [-0.2, 0) is 6.54 Å². The topological polar surface area (TPSA) is 59.8 Å². The zero-order chi connectivity index (χ0) is 19.8. The number of anilines is 1. The maximum Gasteiger partial charge on any atom is 0.271 e. The van der Waals surface area contributed by atoms with E-state index in [4.69, 9.17) is 0 Å². The second-order valence-electron chi connectivity index (χ2n) is 5.63. The van der Waals surface area contributed by atoms with Crippen molar-refractivity contribution < 1.29 is 0 Å². The second kappa shape index (κ2) is 9.64. The molecule has 3 aromatic heterocycles.